The normalized spacial score (nSPS) is 11.3. The zero-order chi connectivity index (χ0) is 22.1. The number of likely N-dealkylation sites (N-methyl/N-ethyl adjacent to an activating group) is 1. The molecule has 156 valence electrons. The van der Waals surface area contributed by atoms with E-state index in [1.807, 2.05) is 0 Å². The van der Waals surface area contributed by atoms with Gasteiger partial charge in [0.15, 0.2) is 0 Å². The van der Waals surface area contributed by atoms with Gasteiger partial charge in [-0.1, -0.05) is 11.6 Å². The van der Waals surface area contributed by atoms with Crippen LogP contribution in [0.3, 0.4) is 0 Å². The molecule has 7 nitrogen and oxygen atoms in total. The average molecular weight is 431 g/mol. The van der Waals surface area contributed by atoms with E-state index in [4.69, 9.17) is 11.6 Å². The Kier molecular flexibility index (Phi) is 6.37. The van der Waals surface area contributed by atoms with Crippen molar-refractivity contribution < 1.29 is 27.6 Å². The lowest BCUT2D eigenvalue weighted by Crippen LogP contribution is -2.39. The number of halogens is 4. The molecule has 2 amide bonds. The van der Waals surface area contributed by atoms with Gasteiger partial charge in [0.25, 0.3) is 11.7 Å². The second-order valence-corrected chi connectivity index (χ2v) is 6.81. The summed E-state index contributed by atoms with van der Waals surface area (Å²) in [5.74, 6) is -2.54. The summed E-state index contributed by atoms with van der Waals surface area (Å²) < 4.78 is 40.2. The molecule has 1 aromatic heterocycles. The number of carbonyl (C=O) groups is 3. The van der Waals surface area contributed by atoms with Crippen LogP contribution in [0.5, 0.6) is 0 Å². The van der Waals surface area contributed by atoms with E-state index in [0.29, 0.717) is 17.5 Å². The number of ketones is 1. The summed E-state index contributed by atoms with van der Waals surface area (Å²) in [7, 11) is 2.87. The van der Waals surface area contributed by atoms with E-state index < -0.39 is 40.9 Å². The first-order chi connectivity index (χ1) is 13.3. The zero-order valence-corrected chi connectivity index (χ0v) is 16.8. The maximum absolute atomic E-state index is 12.9. The van der Waals surface area contributed by atoms with Gasteiger partial charge >= 0.3 is 6.18 Å². The van der Waals surface area contributed by atoms with Crippen LogP contribution in [-0.2, 0) is 22.8 Å². The third-order valence-electron chi connectivity index (χ3n) is 4.21. The van der Waals surface area contributed by atoms with E-state index in [-0.39, 0.29) is 11.3 Å². The molecule has 0 bridgehead atoms. The van der Waals surface area contributed by atoms with E-state index in [9.17, 15) is 27.6 Å². The van der Waals surface area contributed by atoms with Gasteiger partial charge in [-0.2, -0.15) is 18.3 Å². The number of amides is 2. The van der Waals surface area contributed by atoms with Gasteiger partial charge in [-0.25, -0.2) is 0 Å². The van der Waals surface area contributed by atoms with Crippen LogP contribution in [0, 0.1) is 13.8 Å². The summed E-state index contributed by atoms with van der Waals surface area (Å²) in [6.07, 6.45) is -4.68. The van der Waals surface area contributed by atoms with E-state index in [0.717, 1.165) is 11.0 Å². The van der Waals surface area contributed by atoms with Crippen molar-refractivity contribution >= 4 is 34.9 Å². The Morgan fingerprint density at radius 1 is 1.24 bits per heavy atom. The van der Waals surface area contributed by atoms with Crippen LogP contribution in [0.1, 0.15) is 27.3 Å². The number of alkyl halides is 3. The number of hydrogen-bond donors (Lipinski definition) is 1. The summed E-state index contributed by atoms with van der Waals surface area (Å²) in [6, 6.07) is 2.90. The van der Waals surface area contributed by atoms with Gasteiger partial charge in [-0.05, 0) is 32.0 Å². The Morgan fingerprint density at radius 3 is 2.38 bits per heavy atom. The van der Waals surface area contributed by atoms with E-state index in [1.165, 1.54) is 17.8 Å². The molecule has 2 rings (SSSR count). The van der Waals surface area contributed by atoms with Gasteiger partial charge in [0.2, 0.25) is 5.91 Å². The number of Topliss-reactive ketones (excluding diaryl/α,β-unsaturated/α-hetero) is 1. The molecule has 0 spiro atoms. The first-order valence-corrected chi connectivity index (χ1v) is 8.67. The number of nitrogens with one attached hydrogen (secondary N) is 1. The number of anilines is 1. The van der Waals surface area contributed by atoms with Crippen molar-refractivity contribution in [2.45, 2.75) is 20.0 Å². The van der Waals surface area contributed by atoms with E-state index in [2.05, 4.69) is 10.4 Å². The molecule has 1 N–H and O–H groups in total. The van der Waals surface area contributed by atoms with Crippen LogP contribution in [0.25, 0.3) is 0 Å². The maximum Gasteiger partial charge on any atom is 0.417 e. The Labute approximate surface area is 169 Å². The number of hydrogen-bond acceptors (Lipinski definition) is 4. The van der Waals surface area contributed by atoms with Crippen LogP contribution in [0.15, 0.2) is 18.2 Å². The monoisotopic (exact) mass is 430 g/mol. The van der Waals surface area contributed by atoms with Crippen LogP contribution >= 0.6 is 11.6 Å². The number of carbonyl (C=O) groups excluding carboxylic acids is 3. The topological polar surface area (TPSA) is 84.3 Å². The Bertz CT molecular complexity index is 985. The molecule has 11 heteroatoms. The van der Waals surface area contributed by atoms with Crippen molar-refractivity contribution in [1.82, 2.24) is 14.7 Å². The molecule has 0 aliphatic rings. The van der Waals surface area contributed by atoms with Gasteiger partial charge in [0.1, 0.15) is 0 Å². The van der Waals surface area contributed by atoms with Crippen molar-refractivity contribution in [3.8, 4) is 0 Å². The second kappa shape index (κ2) is 8.24. The third-order valence-corrected chi connectivity index (χ3v) is 4.54. The quantitative estimate of drug-likeness (QED) is 0.584. The lowest BCUT2D eigenvalue weighted by Gasteiger charge is -2.17. The van der Waals surface area contributed by atoms with Gasteiger partial charge in [0.05, 0.1) is 28.4 Å². The molecule has 0 aliphatic carbocycles. The molecule has 1 aromatic carbocycles. The van der Waals surface area contributed by atoms with Crippen LogP contribution < -0.4 is 5.32 Å². The van der Waals surface area contributed by atoms with Crippen molar-refractivity contribution in [2.24, 2.45) is 7.05 Å². The standard InChI is InChI=1S/C18H18ClF3N4O3/c1-9-15(10(2)26(4)24-9)16(28)17(29)25(3)8-14(27)23-11-5-6-13(19)12(7-11)18(20,21)22/h5-7H,8H2,1-4H3,(H,23,27). The Morgan fingerprint density at radius 2 is 1.86 bits per heavy atom. The zero-order valence-electron chi connectivity index (χ0n) is 16.0. The van der Waals surface area contributed by atoms with Crippen molar-refractivity contribution in [1.29, 1.82) is 0 Å². The first kappa shape index (κ1) is 22.4. The molecule has 29 heavy (non-hydrogen) atoms. The number of rotatable bonds is 5. The molecule has 0 radical (unpaired) electrons. The second-order valence-electron chi connectivity index (χ2n) is 6.40. The fraction of sp³-hybridized carbons (Fsp3) is 0.333. The molecular weight excluding hydrogens is 413 g/mol. The number of aryl methyl sites for hydroxylation is 2. The number of nitrogens with zero attached hydrogens (tertiary/aromatic N) is 3. The Hall–Kier alpha value is -2.88. The molecule has 0 unspecified atom stereocenters. The predicted octanol–water partition coefficient (Wildman–Crippen LogP) is 2.99. The Balaban J connectivity index is 2.09. The molecule has 0 aliphatic heterocycles. The highest BCUT2D eigenvalue weighted by molar-refractivity contribution is 6.43. The number of benzene rings is 1. The minimum absolute atomic E-state index is 0.141. The van der Waals surface area contributed by atoms with Crippen molar-refractivity contribution in [3.63, 3.8) is 0 Å². The predicted molar refractivity (Wildman–Crippen MR) is 99.7 cm³/mol. The lowest BCUT2D eigenvalue weighted by atomic mass is 10.1. The van der Waals surface area contributed by atoms with Crippen molar-refractivity contribution in [2.75, 3.05) is 18.9 Å². The van der Waals surface area contributed by atoms with Crippen LogP contribution in [0.4, 0.5) is 18.9 Å². The molecule has 0 fully saturated rings. The average Bonchev–Trinajstić information content (AvgIpc) is 2.86. The van der Waals surface area contributed by atoms with Gasteiger partial charge in [-0.15, -0.1) is 0 Å². The lowest BCUT2D eigenvalue weighted by molar-refractivity contribution is -0.137. The van der Waals surface area contributed by atoms with E-state index in [1.54, 1.807) is 20.9 Å². The summed E-state index contributed by atoms with van der Waals surface area (Å²) in [6.45, 7) is 2.68. The molecule has 0 saturated carbocycles. The fourth-order valence-corrected chi connectivity index (χ4v) is 2.92. The minimum atomic E-state index is -4.68. The SMILES string of the molecule is Cc1nn(C)c(C)c1C(=O)C(=O)N(C)CC(=O)Nc1ccc(Cl)c(C(F)(F)F)c1. The molecule has 2 aromatic rings. The third kappa shape index (κ3) is 4.94. The van der Waals surface area contributed by atoms with Crippen molar-refractivity contribution in [3.05, 3.63) is 45.7 Å². The highest BCUT2D eigenvalue weighted by Crippen LogP contribution is 2.36. The van der Waals surface area contributed by atoms with Crippen LogP contribution in [0.2, 0.25) is 5.02 Å². The summed E-state index contributed by atoms with van der Waals surface area (Å²) in [5.41, 5.74) is -0.212. The van der Waals surface area contributed by atoms with Crippen LogP contribution in [-0.4, -0.2) is 45.9 Å². The largest absolute Gasteiger partial charge is 0.417 e. The maximum atomic E-state index is 12.9. The van der Waals surface area contributed by atoms with Gasteiger partial charge in [0, 0.05) is 25.5 Å². The highest BCUT2D eigenvalue weighted by Gasteiger charge is 2.33. The highest BCUT2D eigenvalue weighted by atomic mass is 35.5. The first-order valence-electron chi connectivity index (χ1n) is 8.29. The van der Waals surface area contributed by atoms with Gasteiger partial charge < -0.3 is 10.2 Å². The molecular formula is C18H18ClF3N4O3. The smallest absolute Gasteiger partial charge is 0.330 e. The van der Waals surface area contributed by atoms with E-state index >= 15 is 0 Å². The summed E-state index contributed by atoms with van der Waals surface area (Å²) in [4.78, 5) is 37.8. The molecule has 0 atom stereocenters. The minimum Gasteiger partial charge on any atom is -0.330 e. The fourth-order valence-electron chi connectivity index (χ4n) is 2.69. The van der Waals surface area contributed by atoms with Gasteiger partial charge in [-0.3, -0.25) is 19.1 Å². The summed E-state index contributed by atoms with van der Waals surface area (Å²) in [5, 5.41) is 5.82. The molecule has 1 heterocycles. The summed E-state index contributed by atoms with van der Waals surface area (Å²) >= 11 is 5.53. The molecule has 0 saturated heterocycles. The number of aromatic nitrogens is 2.